The van der Waals surface area contributed by atoms with Gasteiger partial charge in [0.05, 0.1) is 6.33 Å². The van der Waals surface area contributed by atoms with Crippen LogP contribution in [0.15, 0.2) is 41.5 Å². The van der Waals surface area contributed by atoms with E-state index in [-0.39, 0.29) is 10.6 Å². The monoisotopic (exact) mass is 278 g/mol. The third-order valence-electron chi connectivity index (χ3n) is 2.69. The number of hydrogen-bond acceptors (Lipinski definition) is 4. The Bertz CT molecular complexity index is 585. The van der Waals surface area contributed by atoms with Gasteiger partial charge in [-0.15, -0.1) is 0 Å². The van der Waals surface area contributed by atoms with Crippen molar-refractivity contribution in [2.24, 2.45) is 5.73 Å². The van der Waals surface area contributed by atoms with E-state index >= 15 is 0 Å². The fraction of sp³-hybridized carbons (Fsp3) is 0.231. The molecule has 1 aromatic carbocycles. The van der Waals surface area contributed by atoms with Crippen molar-refractivity contribution in [1.82, 2.24) is 9.97 Å². The number of nitrogens with two attached hydrogens (primary N) is 1. The van der Waals surface area contributed by atoms with Crippen molar-refractivity contribution in [1.29, 1.82) is 0 Å². The van der Waals surface area contributed by atoms with Crippen LogP contribution >= 0.6 is 11.6 Å². The van der Waals surface area contributed by atoms with E-state index in [0.717, 1.165) is 5.56 Å². The minimum absolute atomic E-state index is 0.0897. The van der Waals surface area contributed by atoms with Crippen molar-refractivity contribution in [3.63, 3.8) is 0 Å². The Morgan fingerprint density at radius 2 is 2.05 bits per heavy atom. The van der Waals surface area contributed by atoms with Gasteiger partial charge in [-0.1, -0.05) is 41.9 Å². The van der Waals surface area contributed by atoms with Crippen LogP contribution in [0.5, 0.6) is 0 Å². The Morgan fingerprint density at radius 3 is 2.74 bits per heavy atom. The molecule has 2 aromatic rings. The van der Waals surface area contributed by atoms with Crippen molar-refractivity contribution in [3.8, 4) is 0 Å². The lowest BCUT2D eigenvalue weighted by Crippen LogP contribution is -2.31. The van der Waals surface area contributed by atoms with Gasteiger partial charge >= 0.3 is 0 Å². The molecule has 0 fully saturated rings. The van der Waals surface area contributed by atoms with E-state index < -0.39 is 0 Å². The van der Waals surface area contributed by atoms with Gasteiger partial charge in [0, 0.05) is 19.6 Å². The van der Waals surface area contributed by atoms with Gasteiger partial charge in [0.15, 0.2) is 5.82 Å². The number of nitrogens with one attached hydrogen (secondary N) is 1. The minimum atomic E-state index is -0.346. The maximum atomic E-state index is 11.5. The van der Waals surface area contributed by atoms with Crippen LogP contribution in [-0.2, 0) is 6.54 Å². The van der Waals surface area contributed by atoms with E-state index in [9.17, 15) is 4.79 Å². The Kier molecular flexibility index (Phi) is 4.54. The molecule has 19 heavy (non-hydrogen) atoms. The molecule has 0 aliphatic carbocycles. The van der Waals surface area contributed by atoms with E-state index in [0.29, 0.717) is 25.5 Å². The quantitative estimate of drug-likeness (QED) is 0.867. The van der Waals surface area contributed by atoms with Crippen LogP contribution in [0.3, 0.4) is 0 Å². The molecule has 0 radical (unpaired) electrons. The topological polar surface area (TPSA) is 75.0 Å². The average Bonchev–Trinajstić information content (AvgIpc) is 2.43. The zero-order valence-corrected chi connectivity index (χ0v) is 11.1. The summed E-state index contributed by atoms with van der Waals surface area (Å²) in [6.45, 7) is 1.64. The maximum Gasteiger partial charge on any atom is 0.271 e. The van der Waals surface area contributed by atoms with Gasteiger partial charge in [0.25, 0.3) is 5.56 Å². The van der Waals surface area contributed by atoms with Gasteiger partial charge in [-0.05, 0) is 5.56 Å². The van der Waals surface area contributed by atoms with Gasteiger partial charge in [-0.3, -0.25) is 4.79 Å². The summed E-state index contributed by atoms with van der Waals surface area (Å²) in [6, 6.07) is 9.88. The number of anilines is 1. The lowest BCUT2D eigenvalue weighted by molar-refractivity contribution is 0.772. The van der Waals surface area contributed by atoms with Crippen molar-refractivity contribution in [3.05, 3.63) is 57.6 Å². The van der Waals surface area contributed by atoms with Crippen molar-refractivity contribution < 1.29 is 0 Å². The van der Waals surface area contributed by atoms with Crippen LogP contribution in [0.25, 0.3) is 0 Å². The molecular weight excluding hydrogens is 264 g/mol. The van der Waals surface area contributed by atoms with Crippen LogP contribution in [0.1, 0.15) is 5.56 Å². The highest BCUT2D eigenvalue weighted by molar-refractivity contribution is 6.32. The van der Waals surface area contributed by atoms with Crippen LogP contribution in [0, 0.1) is 0 Å². The van der Waals surface area contributed by atoms with Gasteiger partial charge in [-0.25, -0.2) is 4.98 Å². The summed E-state index contributed by atoms with van der Waals surface area (Å²) < 4.78 is 0. The van der Waals surface area contributed by atoms with Gasteiger partial charge in [0.1, 0.15) is 5.02 Å². The van der Waals surface area contributed by atoms with Gasteiger partial charge in [0.2, 0.25) is 0 Å². The Morgan fingerprint density at radius 1 is 1.32 bits per heavy atom. The molecule has 0 bridgehead atoms. The Hall–Kier alpha value is -1.85. The van der Waals surface area contributed by atoms with Crippen LogP contribution in [-0.4, -0.2) is 23.1 Å². The van der Waals surface area contributed by atoms with E-state index in [4.69, 9.17) is 17.3 Å². The Labute approximate surface area is 116 Å². The molecule has 0 aliphatic heterocycles. The second-order valence-electron chi connectivity index (χ2n) is 4.07. The highest BCUT2D eigenvalue weighted by atomic mass is 35.5. The fourth-order valence-electron chi connectivity index (χ4n) is 1.81. The number of aromatic nitrogens is 2. The molecule has 100 valence electrons. The first-order valence-corrected chi connectivity index (χ1v) is 6.32. The molecule has 0 amide bonds. The van der Waals surface area contributed by atoms with E-state index in [1.807, 2.05) is 35.2 Å². The number of hydrogen-bond donors (Lipinski definition) is 2. The van der Waals surface area contributed by atoms with Crippen LogP contribution < -0.4 is 16.2 Å². The van der Waals surface area contributed by atoms with Gasteiger partial charge < -0.3 is 15.6 Å². The van der Waals surface area contributed by atoms with Crippen molar-refractivity contribution in [2.75, 3.05) is 18.0 Å². The highest BCUT2D eigenvalue weighted by Crippen LogP contribution is 2.20. The summed E-state index contributed by atoms with van der Waals surface area (Å²) in [5.74, 6) is 0.458. The lowest BCUT2D eigenvalue weighted by Gasteiger charge is -2.23. The molecule has 1 heterocycles. The molecule has 0 aliphatic rings. The summed E-state index contributed by atoms with van der Waals surface area (Å²) in [6.07, 6.45) is 1.35. The summed E-state index contributed by atoms with van der Waals surface area (Å²) in [7, 11) is 0. The first kappa shape index (κ1) is 13.6. The molecule has 0 atom stereocenters. The number of H-pyrrole nitrogens is 1. The fourth-order valence-corrected chi connectivity index (χ4v) is 2.04. The van der Waals surface area contributed by atoms with E-state index in [2.05, 4.69) is 9.97 Å². The van der Waals surface area contributed by atoms with Crippen molar-refractivity contribution in [2.45, 2.75) is 6.54 Å². The van der Waals surface area contributed by atoms with Crippen molar-refractivity contribution >= 4 is 17.4 Å². The number of halogens is 1. The number of aromatic amines is 1. The summed E-state index contributed by atoms with van der Waals surface area (Å²) in [5.41, 5.74) is 6.37. The van der Waals surface area contributed by atoms with Crippen LogP contribution in [0.4, 0.5) is 5.82 Å². The molecule has 5 nitrogen and oxygen atoms in total. The predicted molar refractivity (Wildman–Crippen MR) is 76.4 cm³/mol. The lowest BCUT2D eigenvalue weighted by atomic mass is 10.2. The third-order valence-corrected chi connectivity index (χ3v) is 3.03. The van der Waals surface area contributed by atoms with Crippen LogP contribution in [0.2, 0.25) is 5.02 Å². The molecule has 2 rings (SSSR count). The van der Waals surface area contributed by atoms with E-state index in [1.165, 1.54) is 6.33 Å². The third kappa shape index (κ3) is 3.33. The zero-order valence-electron chi connectivity index (χ0n) is 10.3. The predicted octanol–water partition coefficient (Wildman–Crippen LogP) is 1.39. The number of rotatable bonds is 5. The van der Waals surface area contributed by atoms with Gasteiger partial charge in [-0.2, -0.15) is 0 Å². The summed E-state index contributed by atoms with van der Waals surface area (Å²) >= 11 is 6.00. The molecule has 0 saturated heterocycles. The second-order valence-corrected chi connectivity index (χ2v) is 4.44. The van der Waals surface area contributed by atoms with E-state index in [1.54, 1.807) is 0 Å². The molecule has 6 heteroatoms. The number of nitrogens with zero attached hydrogens (tertiary/aromatic N) is 2. The number of benzene rings is 1. The SMILES string of the molecule is NCCN(Cc1ccccc1)c1nc[nH]c(=O)c1Cl. The first-order valence-electron chi connectivity index (χ1n) is 5.94. The normalized spacial score (nSPS) is 10.4. The maximum absolute atomic E-state index is 11.5. The highest BCUT2D eigenvalue weighted by Gasteiger charge is 2.14. The molecule has 0 unspecified atom stereocenters. The zero-order chi connectivity index (χ0) is 13.7. The first-order chi connectivity index (χ1) is 9.22. The molecule has 3 N–H and O–H groups in total. The summed E-state index contributed by atoms with van der Waals surface area (Å²) in [4.78, 5) is 20.0. The molecule has 0 spiro atoms. The second kappa shape index (κ2) is 6.36. The molecule has 1 aromatic heterocycles. The minimum Gasteiger partial charge on any atom is -0.350 e. The smallest absolute Gasteiger partial charge is 0.271 e. The molecular formula is C13H15ClN4O. The largest absolute Gasteiger partial charge is 0.350 e. The standard InChI is InChI=1S/C13H15ClN4O/c14-11-12(16-9-17-13(11)19)18(7-6-15)8-10-4-2-1-3-5-10/h1-5,9H,6-8,15H2,(H,16,17,19). The Balaban J connectivity index is 2.30. The average molecular weight is 279 g/mol. The molecule has 0 saturated carbocycles. The summed E-state index contributed by atoms with van der Waals surface area (Å²) in [5, 5.41) is 0.0897.